The second kappa shape index (κ2) is 13.1. The van der Waals surface area contributed by atoms with Crippen LogP contribution in [0.4, 0.5) is 0 Å². The fraction of sp³-hybridized carbons (Fsp3) is 0.526. The van der Waals surface area contributed by atoms with Crippen molar-refractivity contribution in [3.8, 4) is 11.4 Å². The van der Waals surface area contributed by atoms with Gasteiger partial charge in [-0.15, -0.1) is 0 Å². The third-order valence-electron chi connectivity index (χ3n) is 3.75. The Bertz CT molecular complexity index is 706. The fourth-order valence-electron chi connectivity index (χ4n) is 2.23. The van der Waals surface area contributed by atoms with Crippen LogP contribution in [-0.2, 0) is 16.0 Å². The molecule has 0 unspecified atom stereocenters. The summed E-state index contributed by atoms with van der Waals surface area (Å²) in [5, 5.41) is 10.9. The highest BCUT2D eigenvalue weighted by Gasteiger charge is 2.09. The van der Waals surface area contributed by atoms with Crippen molar-refractivity contribution in [2.45, 2.75) is 26.3 Å². The number of aliphatic imine (C=N–C) groups is 1. The molecule has 0 bridgehead atoms. The average molecular weight is 410 g/mol. The molecule has 1 heterocycles. The van der Waals surface area contributed by atoms with Crippen molar-refractivity contribution >= 4 is 17.6 Å². The lowest BCUT2D eigenvalue weighted by Gasteiger charge is -2.10. The summed E-state index contributed by atoms with van der Waals surface area (Å²) >= 11 is 5.89. The molecule has 0 fully saturated rings. The minimum Gasteiger partial charge on any atom is -0.379 e. The zero-order chi connectivity index (χ0) is 20.0. The summed E-state index contributed by atoms with van der Waals surface area (Å²) in [5.41, 5.74) is 0.845. The molecule has 28 heavy (non-hydrogen) atoms. The largest absolute Gasteiger partial charge is 0.379 e. The van der Waals surface area contributed by atoms with E-state index in [2.05, 4.69) is 32.7 Å². The molecule has 154 valence electrons. The molecular weight excluding hydrogens is 382 g/mol. The molecule has 0 spiro atoms. The van der Waals surface area contributed by atoms with Crippen LogP contribution in [0.1, 0.15) is 25.7 Å². The molecule has 8 nitrogen and oxygen atoms in total. The first-order valence-corrected chi connectivity index (χ1v) is 9.79. The molecule has 1 aromatic carbocycles. The van der Waals surface area contributed by atoms with Gasteiger partial charge in [-0.1, -0.05) is 30.1 Å². The van der Waals surface area contributed by atoms with E-state index in [1.54, 1.807) is 19.2 Å². The van der Waals surface area contributed by atoms with Gasteiger partial charge in [-0.25, -0.2) is 0 Å². The Morgan fingerprint density at radius 1 is 1.11 bits per heavy atom. The van der Waals surface area contributed by atoms with Gasteiger partial charge in [0.25, 0.3) is 0 Å². The van der Waals surface area contributed by atoms with Gasteiger partial charge in [-0.2, -0.15) is 4.98 Å². The maximum atomic E-state index is 5.89. The van der Waals surface area contributed by atoms with E-state index in [4.69, 9.17) is 25.6 Å². The number of benzene rings is 1. The molecule has 0 aliphatic heterocycles. The van der Waals surface area contributed by atoms with Crippen molar-refractivity contribution in [2.75, 3.05) is 40.0 Å². The third-order valence-corrected chi connectivity index (χ3v) is 4.01. The van der Waals surface area contributed by atoms with Crippen LogP contribution >= 0.6 is 11.6 Å². The molecule has 2 N–H and O–H groups in total. The highest BCUT2D eigenvalue weighted by molar-refractivity contribution is 6.30. The van der Waals surface area contributed by atoms with Gasteiger partial charge in [-0.05, 0) is 30.7 Å². The topological polar surface area (TPSA) is 93.8 Å². The van der Waals surface area contributed by atoms with Gasteiger partial charge in [0.15, 0.2) is 5.96 Å². The minimum absolute atomic E-state index is 0.367. The van der Waals surface area contributed by atoms with E-state index in [1.807, 2.05) is 12.1 Å². The Balaban J connectivity index is 1.62. The van der Waals surface area contributed by atoms with Crippen LogP contribution in [0.3, 0.4) is 0 Å². The zero-order valence-electron chi connectivity index (χ0n) is 16.4. The van der Waals surface area contributed by atoms with E-state index in [9.17, 15) is 0 Å². The van der Waals surface area contributed by atoms with Crippen molar-refractivity contribution in [3.63, 3.8) is 0 Å². The monoisotopic (exact) mass is 409 g/mol. The molecular formula is C19H28ClN5O3. The molecule has 0 saturated heterocycles. The van der Waals surface area contributed by atoms with Crippen molar-refractivity contribution < 1.29 is 14.0 Å². The van der Waals surface area contributed by atoms with Gasteiger partial charge in [0.1, 0.15) is 0 Å². The van der Waals surface area contributed by atoms with Gasteiger partial charge >= 0.3 is 0 Å². The number of guanidine groups is 1. The van der Waals surface area contributed by atoms with Crippen molar-refractivity contribution in [1.29, 1.82) is 0 Å². The lowest BCUT2D eigenvalue weighted by molar-refractivity contribution is 0.0487. The van der Waals surface area contributed by atoms with Crippen molar-refractivity contribution in [2.24, 2.45) is 4.99 Å². The van der Waals surface area contributed by atoms with E-state index >= 15 is 0 Å². The Kier molecular flexibility index (Phi) is 10.3. The van der Waals surface area contributed by atoms with Crippen LogP contribution in [0.2, 0.25) is 5.02 Å². The van der Waals surface area contributed by atoms with Crippen LogP contribution in [0.5, 0.6) is 0 Å². The summed E-state index contributed by atoms with van der Waals surface area (Å²) < 4.78 is 16.2. The van der Waals surface area contributed by atoms with Crippen LogP contribution < -0.4 is 10.6 Å². The third kappa shape index (κ3) is 8.24. The summed E-state index contributed by atoms with van der Waals surface area (Å²) in [7, 11) is 1.70. The molecule has 0 aliphatic carbocycles. The molecule has 0 aliphatic rings. The SMILES string of the molecule is CCCCOCCOCCNC(=NC)NCc1nc(-c2ccc(Cl)cc2)no1. The lowest BCUT2D eigenvalue weighted by atomic mass is 10.2. The molecule has 9 heteroatoms. The maximum Gasteiger partial charge on any atom is 0.246 e. The highest BCUT2D eigenvalue weighted by Crippen LogP contribution is 2.18. The average Bonchev–Trinajstić information content (AvgIpc) is 3.18. The number of nitrogens with one attached hydrogen (secondary N) is 2. The molecule has 2 rings (SSSR count). The van der Waals surface area contributed by atoms with E-state index < -0.39 is 0 Å². The first kappa shape index (κ1) is 22.1. The van der Waals surface area contributed by atoms with E-state index in [0.29, 0.717) is 55.6 Å². The Hall–Kier alpha value is -2.16. The Morgan fingerprint density at radius 2 is 1.86 bits per heavy atom. The Labute approximate surface area is 170 Å². The number of rotatable bonds is 12. The summed E-state index contributed by atoms with van der Waals surface area (Å²) in [6, 6.07) is 7.27. The molecule has 1 aromatic heterocycles. The first-order valence-electron chi connectivity index (χ1n) is 9.41. The summed E-state index contributed by atoms with van der Waals surface area (Å²) in [4.78, 5) is 8.52. The number of nitrogens with zero attached hydrogens (tertiary/aromatic N) is 3. The summed E-state index contributed by atoms with van der Waals surface area (Å²) in [6.45, 7) is 5.72. The van der Waals surface area contributed by atoms with Crippen molar-refractivity contribution in [1.82, 2.24) is 20.8 Å². The van der Waals surface area contributed by atoms with Gasteiger partial charge in [0, 0.05) is 30.8 Å². The van der Waals surface area contributed by atoms with Gasteiger partial charge in [0.2, 0.25) is 11.7 Å². The van der Waals surface area contributed by atoms with Crippen LogP contribution in [0.25, 0.3) is 11.4 Å². The number of unbranched alkanes of at least 4 members (excludes halogenated alkanes) is 1. The quantitative estimate of drug-likeness (QED) is 0.316. The molecule has 0 amide bonds. The van der Waals surface area contributed by atoms with Gasteiger partial charge in [0.05, 0.1) is 26.4 Å². The minimum atomic E-state index is 0.367. The molecule has 0 atom stereocenters. The smallest absolute Gasteiger partial charge is 0.246 e. The summed E-state index contributed by atoms with van der Waals surface area (Å²) in [6.07, 6.45) is 2.23. The molecule has 2 aromatic rings. The van der Waals surface area contributed by atoms with Crippen LogP contribution in [-0.4, -0.2) is 56.1 Å². The summed E-state index contributed by atoms with van der Waals surface area (Å²) in [5.74, 6) is 1.62. The second-order valence-electron chi connectivity index (χ2n) is 5.95. The number of hydrogen-bond acceptors (Lipinski definition) is 6. The zero-order valence-corrected chi connectivity index (χ0v) is 17.2. The van der Waals surface area contributed by atoms with E-state index in [0.717, 1.165) is 25.0 Å². The van der Waals surface area contributed by atoms with Crippen LogP contribution in [0, 0.1) is 0 Å². The predicted octanol–water partition coefficient (Wildman–Crippen LogP) is 2.89. The van der Waals surface area contributed by atoms with Crippen LogP contribution in [0.15, 0.2) is 33.8 Å². The fourth-order valence-corrected chi connectivity index (χ4v) is 2.36. The van der Waals surface area contributed by atoms with E-state index in [1.165, 1.54) is 0 Å². The predicted molar refractivity (Wildman–Crippen MR) is 109 cm³/mol. The second-order valence-corrected chi connectivity index (χ2v) is 6.39. The highest BCUT2D eigenvalue weighted by atomic mass is 35.5. The molecule has 0 saturated carbocycles. The Morgan fingerprint density at radius 3 is 2.57 bits per heavy atom. The molecule has 0 radical (unpaired) electrons. The van der Waals surface area contributed by atoms with E-state index in [-0.39, 0.29) is 0 Å². The first-order chi connectivity index (χ1) is 13.7. The van der Waals surface area contributed by atoms with Gasteiger partial charge < -0.3 is 24.6 Å². The maximum absolute atomic E-state index is 5.89. The number of ether oxygens (including phenoxy) is 2. The number of hydrogen-bond donors (Lipinski definition) is 2. The standard InChI is InChI=1S/C19H28ClN5O3/c1-3-4-10-26-12-13-27-11-9-22-19(21-2)23-14-17-24-18(25-28-17)15-5-7-16(20)8-6-15/h5-8H,3-4,9-14H2,1-2H3,(H2,21,22,23). The lowest BCUT2D eigenvalue weighted by Crippen LogP contribution is -2.38. The number of halogens is 1. The van der Waals surface area contributed by atoms with Gasteiger partial charge in [-0.3, -0.25) is 4.99 Å². The number of aromatic nitrogens is 2. The van der Waals surface area contributed by atoms with Crippen molar-refractivity contribution in [3.05, 3.63) is 35.2 Å². The normalized spacial score (nSPS) is 11.6.